The molecule has 5 heteroatoms. The second kappa shape index (κ2) is 6.93. The van der Waals surface area contributed by atoms with Crippen molar-refractivity contribution in [1.82, 2.24) is 4.98 Å². The molecule has 1 heterocycles. The predicted octanol–water partition coefficient (Wildman–Crippen LogP) is 4.69. The number of methoxy groups -OCH3 is 2. The molecular weight excluding hydrogens is 370 g/mol. The van der Waals surface area contributed by atoms with Gasteiger partial charge in [0.05, 0.1) is 14.2 Å². The maximum absolute atomic E-state index is 12.8. The van der Waals surface area contributed by atoms with E-state index in [0.29, 0.717) is 22.6 Å². The topological polar surface area (TPSA) is 51.3 Å². The lowest BCUT2D eigenvalue weighted by Crippen LogP contribution is -2.01. The fourth-order valence-corrected chi connectivity index (χ4v) is 2.98. The Bertz CT molecular complexity index is 886. The van der Waals surface area contributed by atoms with Gasteiger partial charge in [-0.1, -0.05) is 34.1 Å². The molecule has 0 fully saturated rings. The second-order valence-electron chi connectivity index (χ2n) is 5.19. The highest BCUT2D eigenvalue weighted by Crippen LogP contribution is 2.34. The van der Waals surface area contributed by atoms with Gasteiger partial charge in [0, 0.05) is 33.6 Å². The van der Waals surface area contributed by atoms with Crippen molar-refractivity contribution in [2.75, 3.05) is 14.2 Å². The Morgan fingerprint density at radius 1 is 1.00 bits per heavy atom. The molecule has 122 valence electrons. The molecule has 2 aromatic carbocycles. The molecule has 0 radical (unpaired) electrons. The summed E-state index contributed by atoms with van der Waals surface area (Å²) in [6, 6.07) is 13.0. The highest BCUT2D eigenvalue weighted by molar-refractivity contribution is 9.10. The highest BCUT2D eigenvalue weighted by Gasteiger charge is 2.17. The van der Waals surface area contributed by atoms with Crippen LogP contribution >= 0.6 is 15.9 Å². The summed E-state index contributed by atoms with van der Waals surface area (Å²) in [5.41, 5.74) is 2.94. The SMILES string of the molecule is COc1ccc(-c2c[nH]cc2C(=O)c2cccc(Br)c2)cc1OC. The van der Waals surface area contributed by atoms with Crippen molar-refractivity contribution in [3.05, 3.63) is 70.5 Å². The monoisotopic (exact) mass is 385 g/mol. The number of benzene rings is 2. The summed E-state index contributed by atoms with van der Waals surface area (Å²) in [7, 11) is 3.18. The summed E-state index contributed by atoms with van der Waals surface area (Å²) in [6.07, 6.45) is 3.53. The minimum atomic E-state index is -0.0395. The van der Waals surface area contributed by atoms with Gasteiger partial charge in [-0.25, -0.2) is 0 Å². The Labute approximate surface area is 148 Å². The maximum Gasteiger partial charge on any atom is 0.195 e. The van der Waals surface area contributed by atoms with Gasteiger partial charge in [-0.05, 0) is 29.8 Å². The van der Waals surface area contributed by atoms with E-state index in [1.807, 2.05) is 42.6 Å². The van der Waals surface area contributed by atoms with Crippen molar-refractivity contribution in [3.8, 4) is 22.6 Å². The van der Waals surface area contributed by atoms with Crippen molar-refractivity contribution in [2.24, 2.45) is 0 Å². The highest BCUT2D eigenvalue weighted by atomic mass is 79.9. The number of H-pyrrole nitrogens is 1. The number of nitrogens with one attached hydrogen (secondary N) is 1. The molecule has 1 N–H and O–H groups in total. The van der Waals surface area contributed by atoms with Crippen molar-refractivity contribution in [2.45, 2.75) is 0 Å². The Morgan fingerprint density at radius 3 is 2.50 bits per heavy atom. The number of hydrogen-bond acceptors (Lipinski definition) is 3. The summed E-state index contributed by atoms with van der Waals surface area (Å²) < 4.78 is 11.5. The van der Waals surface area contributed by atoms with Crippen LogP contribution in [-0.4, -0.2) is 25.0 Å². The van der Waals surface area contributed by atoms with E-state index in [-0.39, 0.29) is 5.78 Å². The minimum Gasteiger partial charge on any atom is -0.493 e. The molecule has 1 aromatic heterocycles. The smallest absolute Gasteiger partial charge is 0.195 e. The number of hydrogen-bond donors (Lipinski definition) is 1. The van der Waals surface area contributed by atoms with Crippen LogP contribution in [0.4, 0.5) is 0 Å². The van der Waals surface area contributed by atoms with Crippen LogP contribution in [0.5, 0.6) is 11.5 Å². The van der Waals surface area contributed by atoms with Gasteiger partial charge in [-0.2, -0.15) is 0 Å². The lowest BCUT2D eigenvalue weighted by molar-refractivity contribution is 0.103. The van der Waals surface area contributed by atoms with Crippen LogP contribution in [0.2, 0.25) is 0 Å². The van der Waals surface area contributed by atoms with Crippen molar-refractivity contribution in [1.29, 1.82) is 0 Å². The first-order valence-electron chi connectivity index (χ1n) is 7.33. The zero-order valence-electron chi connectivity index (χ0n) is 13.3. The molecule has 0 aliphatic rings. The zero-order chi connectivity index (χ0) is 17.1. The molecule has 3 rings (SSSR count). The maximum atomic E-state index is 12.8. The summed E-state index contributed by atoms with van der Waals surface area (Å²) in [6.45, 7) is 0. The molecule has 0 aliphatic heterocycles. The number of carbonyl (C=O) groups is 1. The van der Waals surface area contributed by atoms with Crippen LogP contribution in [0.3, 0.4) is 0 Å². The van der Waals surface area contributed by atoms with Gasteiger partial charge in [0.15, 0.2) is 17.3 Å². The molecule has 0 amide bonds. The fraction of sp³-hybridized carbons (Fsp3) is 0.105. The van der Waals surface area contributed by atoms with E-state index in [0.717, 1.165) is 15.6 Å². The molecule has 0 atom stereocenters. The van der Waals surface area contributed by atoms with Gasteiger partial charge in [-0.15, -0.1) is 0 Å². The van der Waals surface area contributed by atoms with Crippen LogP contribution in [-0.2, 0) is 0 Å². The largest absolute Gasteiger partial charge is 0.493 e. The first-order valence-corrected chi connectivity index (χ1v) is 8.12. The van der Waals surface area contributed by atoms with Crippen molar-refractivity contribution >= 4 is 21.7 Å². The lowest BCUT2D eigenvalue weighted by Gasteiger charge is -2.10. The summed E-state index contributed by atoms with van der Waals surface area (Å²) >= 11 is 3.40. The van der Waals surface area contributed by atoms with Crippen LogP contribution < -0.4 is 9.47 Å². The molecule has 0 aliphatic carbocycles. The third-order valence-electron chi connectivity index (χ3n) is 3.77. The van der Waals surface area contributed by atoms with E-state index in [9.17, 15) is 4.79 Å². The van der Waals surface area contributed by atoms with Crippen molar-refractivity contribution in [3.63, 3.8) is 0 Å². The van der Waals surface area contributed by atoms with Crippen LogP contribution in [0, 0.1) is 0 Å². The average molecular weight is 386 g/mol. The van der Waals surface area contributed by atoms with Crippen LogP contribution in [0.25, 0.3) is 11.1 Å². The van der Waals surface area contributed by atoms with E-state index in [1.165, 1.54) is 0 Å². The Hall–Kier alpha value is -2.53. The Balaban J connectivity index is 2.03. The van der Waals surface area contributed by atoms with Crippen LogP contribution in [0.1, 0.15) is 15.9 Å². The third kappa shape index (κ3) is 3.08. The van der Waals surface area contributed by atoms with Gasteiger partial charge in [0.1, 0.15) is 0 Å². The number of rotatable bonds is 5. The molecule has 0 bridgehead atoms. The number of aromatic amines is 1. The van der Waals surface area contributed by atoms with Gasteiger partial charge in [-0.3, -0.25) is 4.79 Å². The summed E-state index contributed by atoms with van der Waals surface area (Å²) in [4.78, 5) is 15.9. The molecule has 0 unspecified atom stereocenters. The molecule has 24 heavy (non-hydrogen) atoms. The first-order chi connectivity index (χ1) is 11.6. The number of ketones is 1. The van der Waals surface area contributed by atoms with Gasteiger partial charge in [0.25, 0.3) is 0 Å². The number of ether oxygens (including phenoxy) is 2. The molecular formula is C19H16BrNO3. The molecule has 3 aromatic rings. The molecule has 0 saturated heterocycles. The normalized spacial score (nSPS) is 10.5. The number of aromatic nitrogens is 1. The first kappa shape index (κ1) is 16.3. The standard InChI is InChI=1S/C19H16BrNO3/c1-23-17-7-6-12(9-18(17)24-2)15-10-21-11-16(15)19(22)13-4-3-5-14(20)8-13/h3-11,21H,1-2H3. The van der Waals surface area contributed by atoms with Gasteiger partial charge < -0.3 is 14.5 Å². The fourth-order valence-electron chi connectivity index (χ4n) is 2.58. The zero-order valence-corrected chi connectivity index (χ0v) is 14.9. The number of carbonyl (C=O) groups excluding carboxylic acids is 1. The van der Waals surface area contributed by atoms with E-state index >= 15 is 0 Å². The van der Waals surface area contributed by atoms with Gasteiger partial charge >= 0.3 is 0 Å². The van der Waals surface area contributed by atoms with E-state index in [1.54, 1.807) is 26.5 Å². The summed E-state index contributed by atoms with van der Waals surface area (Å²) in [5.74, 6) is 1.23. The number of halogens is 1. The van der Waals surface area contributed by atoms with Crippen molar-refractivity contribution < 1.29 is 14.3 Å². The second-order valence-corrected chi connectivity index (χ2v) is 6.11. The van der Waals surface area contributed by atoms with E-state index < -0.39 is 0 Å². The Morgan fingerprint density at radius 2 is 1.79 bits per heavy atom. The molecule has 0 saturated carbocycles. The molecule has 4 nitrogen and oxygen atoms in total. The van der Waals surface area contributed by atoms with Gasteiger partial charge in [0.2, 0.25) is 0 Å². The van der Waals surface area contributed by atoms with Crippen LogP contribution in [0.15, 0.2) is 59.3 Å². The van der Waals surface area contributed by atoms with E-state index in [4.69, 9.17) is 9.47 Å². The minimum absolute atomic E-state index is 0.0395. The predicted molar refractivity (Wildman–Crippen MR) is 96.9 cm³/mol. The average Bonchev–Trinajstić information content (AvgIpc) is 3.10. The Kier molecular flexibility index (Phi) is 4.71. The molecule has 0 spiro atoms. The third-order valence-corrected chi connectivity index (χ3v) is 4.26. The van der Waals surface area contributed by atoms with E-state index in [2.05, 4.69) is 20.9 Å². The lowest BCUT2D eigenvalue weighted by atomic mass is 9.98. The quantitative estimate of drug-likeness (QED) is 0.648. The summed E-state index contributed by atoms with van der Waals surface area (Å²) in [5, 5.41) is 0.